The van der Waals surface area contributed by atoms with Crippen molar-refractivity contribution in [2.45, 2.75) is 0 Å². The number of nitrogens with zero attached hydrogens (tertiary/aromatic N) is 1. The van der Waals surface area contributed by atoms with Gasteiger partial charge < -0.3 is 9.32 Å². The zero-order chi connectivity index (χ0) is 41.0. The number of para-hydroxylation sites is 1. The predicted octanol–water partition coefficient (Wildman–Crippen LogP) is 17.2. The Kier molecular flexibility index (Phi) is 8.53. The van der Waals surface area contributed by atoms with Gasteiger partial charge >= 0.3 is 0 Å². The Bertz CT molecular complexity index is 3620. The number of fused-ring (bicyclic) bond motifs is 7. The van der Waals surface area contributed by atoms with Gasteiger partial charge in [-0.3, -0.25) is 0 Å². The number of rotatable bonds is 7. The SMILES string of the molecule is c1cc(-c2ccc(N(c3ccc(-c4cccc5c4ccc4ccccc45)cc3)c3ccc(-c4cccc5oc6ccccc6c45)cc3)cc2)cc(-c2ccc3ccccc3c2)c1. The summed E-state index contributed by atoms with van der Waals surface area (Å²) in [5.74, 6) is 0. The van der Waals surface area contributed by atoms with Crippen molar-refractivity contribution in [1.29, 1.82) is 0 Å². The van der Waals surface area contributed by atoms with Crippen LogP contribution in [-0.4, -0.2) is 0 Å². The zero-order valence-corrected chi connectivity index (χ0v) is 33.9. The lowest BCUT2D eigenvalue weighted by Gasteiger charge is -2.26. The summed E-state index contributed by atoms with van der Waals surface area (Å²) >= 11 is 0. The molecule has 12 rings (SSSR count). The Hall–Kier alpha value is -8.20. The summed E-state index contributed by atoms with van der Waals surface area (Å²) in [6.45, 7) is 0. The summed E-state index contributed by atoms with van der Waals surface area (Å²) in [7, 11) is 0. The minimum Gasteiger partial charge on any atom is -0.456 e. The molecular weight excluding hydrogens is 751 g/mol. The second kappa shape index (κ2) is 14.8. The molecule has 0 spiro atoms. The summed E-state index contributed by atoms with van der Waals surface area (Å²) in [4.78, 5) is 2.35. The Morgan fingerprint density at radius 1 is 0.258 bits per heavy atom. The first kappa shape index (κ1) is 35.7. The van der Waals surface area contributed by atoms with E-state index in [4.69, 9.17) is 4.42 Å². The molecule has 0 atom stereocenters. The van der Waals surface area contributed by atoms with Crippen molar-refractivity contribution in [3.05, 3.63) is 237 Å². The van der Waals surface area contributed by atoms with Crippen molar-refractivity contribution in [2.24, 2.45) is 0 Å². The average Bonchev–Trinajstić information content (AvgIpc) is 3.74. The van der Waals surface area contributed by atoms with Gasteiger partial charge in [0, 0.05) is 27.8 Å². The minimum atomic E-state index is 0.900. The van der Waals surface area contributed by atoms with Gasteiger partial charge in [0.15, 0.2) is 0 Å². The summed E-state index contributed by atoms with van der Waals surface area (Å²) < 4.78 is 6.25. The van der Waals surface area contributed by atoms with Crippen LogP contribution >= 0.6 is 0 Å². The summed E-state index contributed by atoms with van der Waals surface area (Å²) in [6.07, 6.45) is 0. The molecule has 0 aliphatic rings. The molecular formula is C60H39NO. The zero-order valence-electron chi connectivity index (χ0n) is 33.9. The molecule has 0 bridgehead atoms. The molecule has 2 heteroatoms. The van der Waals surface area contributed by atoms with Gasteiger partial charge in [-0.2, -0.15) is 0 Å². The van der Waals surface area contributed by atoms with E-state index in [1.54, 1.807) is 0 Å². The molecule has 62 heavy (non-hydrogen) atoms. The van der Waals surface area contributed by atoms with Crippen LogP contribution in [0.25, 0.3) is 98.8 Å². The van der Waals surface area contributed by atoms with E-state index in [1.807, 2.05) is 12.1 Å². The van der Waals surface area contributed by atoms with Crippen molar-refractivity contribution >= 4 is 71.3 Å². The Balaban J connectivity index is 0.929. The molecule has 2 nitrogen and oxygen atoms in total. The van der Waals surface area contributed by atoms with Crippen LogP contribution in [0.4, 0.5) is 17.1 Å². The maximum atomic E-state index is 6.25. The summed E-state index contributed by atoms with van der Waals surface area (Å²) in [5, 5.41) is 9.84. The van der Waals surface area contributed by atoms with Gasteiger partial charge in [-0.15, -0.1) is 0 Å². The number of anilines is 3. The van der Waals surface area contributed by atoms with Crippen molar-refractivity contribution in [1.82, 2.24) is 0 Å². The van der Waals surface area contributed by atoms with E-state index < -0.39 is 0 Å². The molecule has 0 saturated carbocycles. The lowest BCUT2D eigenvalue weighted by atomic mass is 9.94. The molecule has 0 unspecified atom stereocenters. The molecule has 290 valence electrons. The van der Waals surface area contributed by atoms with Gasteiger partial charge in [0.25, 0.3) is 0 Å². The maximum Gasteiger partial charge on any atom is 0.136 e. The van der Waals surface area contributed by atoms with Gasteiger partial charge in [0.05, 0.1) is 0 Å². The summed E-state index contributed by atoms with van der Waals surface area (Å²) in [5.41, 5.74) is 14.6. The van der Waals surface area contributed by atoms with Gasteiger partial charge in [-0.05, 0) is 137 Å². The third-order valence-electron chi connectivity index (χ3n) is 12.5. The van der Waals surface area contributed by atoms with Gasteiger partial charge in [-0.1, -0.05) is 176 Å². The Labute approximate surface area is 360 Å². The van der Waals surface area contributed by atoms with E-state index in [-0.39, 0.29) is 0 Å². The number of hydrogen-bond acceptors (Lipinski definition) is 2. The second-order valence-electron chi connectivity index (χ2n) is 16.1. The fourth-order valence-electron chi connectivity index (χ4n) is 9.38. The molecule has 0 fully saturated rings. The van der Waals surface area contributed by atoms with Crippen molar-refractivity contribution in [3.8, 4) is 44.5 Å². The first-order valence-electron chi connectivity index (χ1n) is 21.2. The first-order valence-corrected chi connectivity index (χ1v) is 21.2. The van der Waals surface area contributed by atoms with Crippen LogP contribution < -0.4 is 4.90 Å². The van der Waals surface area contributed by atoms with E-state index in [9.17, 15) is 0 Å². The topological polar surface area (TPSA) is 16.4 Å². The maximum absolute atomic E-state index is 6.25. The van der Waals surface area contributed by atoms with Gasteiger partial charge in [-0.25, -0.2) is 0 Å². The molecule has 0 radical (unpaired) electrons. The second-order valence-corrected chi connectivity index (χ2v) is 16.1. The third kappa shape index (κ3) is 6.20. The van der Waals surface area contributed by atoms with Crippen LogP contribution in [0.5, 0.6) is 0 Å². The molecule has 0 saturated heterocycles. The first-order chi connectivity index (χ1) is 30.7. The van der Waals surface area contributed by atoms with Crippen LogP contribution in [-0.2, 0) is 0 Å². The highest BCUT2D eigenvalue weighted by Gasteiger charge is 2.17. The molecule has 1 aromatic heterocycles. The fraction of sp³-hybridized carbons (Fsp3) is 0. The number of benzene rings is 11. The minimum absolute atomic E-state index is 0.900. The quantitative estimate of drug-likeness (QED) is 0.150. The fourth-order valence-corrected chi connectivity index (χ4v) is 9.38. The molecule has 1 heterocycles. The van der Waals surface area contributed by atoms with Crippen LogP contribution in [0.1, 0.15) is 0 Å². The lowest BCUT2D eigenvalue weighted by molar-refractivity contribution is 0.669. The van der Waals surface area contributed by atoms with Crippen molar-refractivity contribution < 1.29 is 4.42 Å². The van der Waals surface area contributed by atoms with E-state index in [0.717, 1.165) is 50.1 Å². The van der Waals surface area contributed by atoms with Crippen molar-refractivity contribution in [3.63, 3.8) is 0 Å². The van der Waals surface area contributed by atoms with Crippen LogP contribution in [0.15, 0.2) is 241 Å². The van der Waals surface area contributed by atoms with Crippen LogP contribution in [0, 0.1) is 0 Å². The molecule has 12 aromatic rings. The molecule has 11 aromatic carbocycles. The monoisotopic (exact) mass is 789 g/mol. The molecule has 0 aliphatic carbocycles. The standard InChI is InChI=1S/C60H39NO/c1-2-12-45-39-48(23-22-40(45)10-1)47-14-7-13-46(38-47)41-24-31-49(32-25-41)61(51-35-28-44(29-36-51)54-18-9-21-59-60(54)57-16-5-6-20-58(57)62-59)50-33-26-43(27-34-50)53-17-8-19-55-52-15-4-3-11-42(52)30-37-56(53)55/h1-39H. The van der Waals surface area contributed by atoms with E-state index >= 15 is 0 Å². The van der Waals surface area contributed by atoms with E-state index in [2.05, 4.69) is 229 Å². The van der Waals surface area contributed by atoms with Gasteiger partial charge in [0.1, 0.15) is 11.2 Å². The van der Waals surface area contributed by atoms with Gasteiger partial charge in [0.2, 0.25) is 0 Å². The van der Waals surface area contributed by atoms with E-state index in [1.165, 1.54) is 65.7 Å². The highest BCUT2D eigenvalue weighted by Crippen LogP contribution is 2.41. The smallest absolute Gasteiger partial charge is 0.136 e. The largest absolute Gasteiger partial charge is 0.456 e. The number of hydrogen-bond donors (Lipinski definition) is 0. The third-order valence-corrected chi connectivity index (χ3v) is 12.5. The number of furan rings is 1. The Morgan fingerprint density at radius 2 is 0.758 bits per heavy atom. The van der Waals surface area contributed by atoms with Crippen molar-refractivity contribution in [2.75, 3.05) is 4.90 Å². The van der Waals surface area contributed by atoms with Crippen LogP contribution in [0.3, 0.4) is 0 Å². The van der Waals surface area contributed by atoms with Crippen LogP contribution in [0.2, 0.25) is 0 Å². The molecule has 0 N–H and O–H groups in total. The van der Waals surface area contributed by atoms with E-state index in [0.29, 0.717) is 0 Å². The average molecular weight is 790 g/mol. The molecule has 0 aliphatic heterocycles. The lowest BCUT2D eigenvalue weighted by Crippen LogP contribution is -2.09. The Morgan fingerprint density at radius 3 is 1.52 bits per heavy atom. The summed E-state index contributed by atoms with van der Waals surface area (Å²) in [6, 6.07) is 85.5. The highest BCUT2D eigenvalue weighted by molar-refractivity contribution is 6.13. The highest BCUT2D eigenvalue weighted by atomic mass is 16.3. The predicted molar refractivity (Wildman–Crippen MR) is 263 cm³/mol. The normalized spacial score (nSPS) is 11.5. The molecule has 0 amide bonds.